The van der Waals surface area contributed by atoms with E-state index in [1.807, 2.05) is 37.6 Å². The van der Waals surface area contributed by atoms with E-state index in [1.165, 1.54) is 0 Å². The Labute approximate surface area is 137 Å². The van der Waals surface area contributed by atoms with Crippen LogP contribution in [0.3, 0.4) is 0 Å². The Morgan fingerprint density at radius 1 is 1.30 bits per heavy atom. The standard InChI is InChI=1S/C17H27N3O3/c1-4-18-17(22)19-13-7-9-14(10-8-13)23-16(21)15-6-5-11-20(15)12(2)3/h5-6,11-14H,4,7-10H2,1-3H3,(H2,18,19,22). The molecule has 6 nitrogen and oxygen atoms in total. The molecular formula is C17H27N3O3. The number of carbonyl (C=O) groups is 2. The fourth-order valence-electron chi connectivity index (χ4n) is 2.95. The summed E-state index contributed by atoms with van der Waals surface area (Å²) in [5.41, 5.74) is 0.600. The average Bonchev–Trinajstić information content (AvgIpc) is 2.99. The number of urea groups is 1. The van der Waals surface area contributed by atoms with Gasteiger partial charge in [0, 0.05) is 24.8 Å². The lowest BCUT2D eigenvalue weighted by molar-refractivity contribution is 0.0175. The number of amides is 2. The highest BCUT2D eigenvalue weighted by Crippen LogP contribution is 2.23. The van der Waals surface area contributed by atoms with Gasteiger partial charge in [0.2, 0.25) is 0 Å². The highest BCUT2D eigenvalue weighted by Gasteiger charge is 2.26. The minimum atomic E-state index is -0.260. The second kappa shape index (κ2) is 8.04. The highest BCUT2D eigenvalue weighted by molar-refractivity contribution is 5.88. The van der Waals surface area contributed by atoms with Gasteiger partial charge in [0.25, 0.3) is 0 Å². The number of carbonyl (C=O) groups excluding carboxylic acids is 2. The van der Waals surface area contributed by atoms with Crippen LogP contribution in [0.25, 0.3) is 0 Å². The van der Waals surface area contributed by atoms with Crippen LogP contribution in [-0.2, 0) is 4.74 Å². The van der Waals surface area contributed by atoms with E-state index >= 15 is 0 Å². The maximum Gasteiger partial charge on any atom is 0.355 e. The Kier molecular flexibility index (Phi) is 6.07. The maximum atomic E-state index is 12.3. The van der Waals surface area contributed by atoms with Gasteiger partial charge < -0.3 is 19.9 Å². The van der Waals surface area contributed by atoms with Gasteiger partial charge >= 0.3 is 12.0 Å². The molecule has 1 saturated carbocycles. The van der Waals surface area contributed by atoms with Crippen molar-refractivity contribution >= 4 is 12.0 Å². The third-order valence-electron chi connectivity index (χ3n) is 4.16. The minimum absolute atomic E-state index is 0.0645. The second-order valence-electron chi connectivity index (χ2n) is 6.28. The summed E-state index contributed by atoms with van der Waals surface area (Å²) in [6.45, 7) is 6.58. The molecule has 1 aliphatic rings. The number of hydrogen-bond donors (Lipinski definition) is 2. The van der Waals surface area contributed by atoms with Crippen molar-refractivity contribution in [3.05, 3.63) is 24.0 Å². The largest absolute Gasteiger partial charge is 0.458 e. The van der Waals surface area contributed by atoms with Crippen LogP contribution in [0.2, 0.25) is 0 Å². The predicted molar refractivity (Wildman–Crippen MR) is 88.5 cm³/mol. The molecule has 2 amide bonds. The van der Waals surface area contributed by atoms with E-state index in [1.54, 1.807) is 6.07 Å². The SMILES string of the molecule is CCNC(=O)NC1CCC(OC(=O)c2cccn2C(C)C)CC1. The molecule has 0 aliphatic heterocycles. The van der Waals surface area contributed by atoms with Crippen molar-refractivity contribution in [1.29, 1.82) is 0 Å². The Balaban J connectivity index is 1.81. The van der Waals surface area contributed by atoms with Crippen molar-refractivity contribution in [2.45, 2.75) is 64.6 Å². The fraction of sp³-hybridized carbons (Fsp3) is 0.647. The molecule has 6 heteroatoms. The third-order valence-corrected chi connectivity index (χ3v) is 4.16. The molecule has 0 aromatic carbocycles. The smallest absolute Gasteiger partial charge is 0.355 e. The van der Waals surface area contributed by atoms with Gasteiger partial charge in [-0.2, -0.15) is 0 Å². The lowest BCUT2D eigenvalue weighted by atomic mass is 9.93. The number of aromatic nitrogens is 1. The van der Waals surface area contributed by atoms with Crippen molar-refractivity contribution in [3.8, 4) is 0 Å². The Bertz CT molecular complexity index is 531. The van der Waals surface area contributed by atoms with Crippen LogP contribution >= 0.6 is 0 Å². The molecule has 0 spiro atoms. The molecule has 0 bridgehead atoms. The van der Waals surface area contributed by atoms with Crippen molar-refractivity contribution < 1.29 is 14.3 Å². The Hall–Kier alpha value is -1.98. The molecule has 128 valence electrons. The third kappa shape index (κ3) is 4.74. The van der Waals surface area contributed by atoms with Crippen LogP contribution in [0.15, 0.2) is 18.3 Å². The molecule has 1 aliphatic carbocycles. The van der Waals surface area contributed by atoms with Gasteiger partial charge in [0.15, 0.2) is 0 Å². The number of ether oxygens (including phenoxy) is 1. The molecule has 0 radical (unpaired) electrons. The summed E-state index contributed by atoms with van der Waals surface area (Å²) in [5.74, 6) is -0.260. The van der Waals surface area contributed by atoms with E-state index in [0.717, 1.165) is 25.7 Å². The summed E-state index contributed by atoms with van der Waals surface area (Å²) in [7, 11) is 0. The number of hydrogen-bond acceptors (Lipinski definition) is 3. The van der Waals surface area contributed by atoms with E-state index in [9.17, 15) is 9.59 Å². The van der Waals surface area contributed by atoms with Crippen LogP contribution in [0.1, 0.15) is 63.0 Å². The zero-order valence-corrected chi connectivity index (χ0v) is 14.2. The molecule has 1 heterocycles. The number of nitrogens with one attached hydrogen (secondary N) is 2. The number of nitrogens with zero attached hydrogens (tertiary/aromatic N) is 1. The lowest BCUT2D eigenvalue weighted by Gasteiger charge is -2.29. The molecule has 0 unspecified atom stereocenters. The minimum Gasteiger partial charge on any atom is -0.458 e. The summed E-state index contributed by atoms with van der Waals surface area (Å²) in [6.07, 6.45) is 5.07. The maximum absolute atomic E-state index is 12.3. The normalized spacial score (nSPS) is 21.0. The summed E-state index contributed by atoms with van der Waals surface area (Å²) >= 11 is 0. The van der Waals surface area contributed by atoms with E-state index < -0.39 is 0 Å². The first-order chi connectivity index (χ1) is 11.0. The molecule has 0 atom stereocenters. The summed E-state index contributed by atoms with van der Waals surface area (Å²) < 4.78 is 7.56. The molecule has 1 fully saturated rings. The van der Waals surface area contributed by atoms with Gasteiger partial charge in [-0.15, -0.1) is 0 Å². The quantitative estimate of drug-likeness (QED) is 0.819. The summed E-state index contributed by atoms with van der Waals surface area (Å²) in [5, 5.41) is 5.68. The predicted octanol–water partition coefficient (Wildman–Crippen LogP) is 2.86. The molecule has 1 aromatic heterocycles. The van der Waals surface area contributed by atoms with Crippen molar-refractivity contribution in [1.82, 2.24) is 15.2 Å². The Morgan fingerprint density at radius 2 is 2.00 bits per heavy atom. The monoisotopic (exact) mass is 321 g/mol. The number of rotatable bonds is 5. The van der Waals surface area contributed by atoms with E-state index in [-0.39, 0.29) is 30.2 Å². The average molecular weight is 321 g/mol. The lowest BCUT2D eigenvalue weighted by Crippen LogP contribution is -2.44. The first-order valence-electron chi connectivity index (χ1n) is 8.43. The zero-order chi connectivity index (χ0) is 16.8. The van der Waals surface area contributed by atoms with Crippen LogP contribution in [0.5, 0.6) is 0 Å². The highest BCUT2D eigenvalue weighted by atomic mass is 16.5. The van der Waals surface area contributed by atoms with E-state index in [0.29, 0.717) is 12.2 Å². The molecule has 23 heavy (non-hydrogen) atoms. The Morgan fingerprint density at radius 3 is 2.61 bits per heavy atom. The molecule has 2 rings (SSSR count). The molecular weight excluding hydrogens is 294 g/mol. The van der Waals surface area contributed by atoms with Gasteiger partial charge in [-0.1, -0.05) is 0 Å². The fourth-order valence-corrected chi connectivity index (χ4v) is 2.95. The van der Waals surface area contributed by atoms with Crippen LogP contribution in [0.4, 0.5) is 4.79 Å². The van der Waals surface area contributed by atoms with Crippen LogP contribution < -0.4 is 10.6 Å². The molecule has 2 N–H and O–H groups in total. The van der Waals surface area contributed by atoms with Gasteiger partial charge in [-0.3, -0.25) is 0 Å². The molecule has 1 aromatic rings. The first-order valence-corrected chi connectivity index (χ1v) is 8.43. The zero-order valence-electron chi connectivity index (χ0n) is 14.2. The van der Waals surface area contributed by atoms with Gasteiger partial charge in [0.05, 0.1) is 0 Å². The van der Waals surface area contributed by atoms with Crippen molar-refractivity contribution in [3.63, 3.8) is 0 Å². The van der Waals surface area contributed by atoms with Gasteiger partial charge in [0.1, 0.15) is 11.8 Å². The topological polar surface area (TPSA) is 72.4 Å². The van der Waals surface area contributed by atoms with E-state index in [2.05, 4.69) is 10.6 Å². The van der Waals surface area contributed by atoms with Crippen LogP contribution in [0, 0.1) is 0 Å². The van der Waals surface area contributed by atoms with Crippen molar-refractivity contribution in [2.24, 2.45) is 0 Å². The first kappa shape index (κ1) is 17.4. The second-order valence-corrected chi connectivity index (χ2v) is 6.28. The van der Waals surface area contributed by atoms with Gasteiger partial charge in [-0.25, -0.2) is 9.59 Å². The van der Waals surface area contributed by atoms with Gasteiger partial charge in [-0.05, 0) is 58.6 Å². The molecule has 0 saturated heterocycles. The van der Waals surface area contributed by atoms with Crippen LogP contribution in [-0.4, -0.2) is 35.3 Å². The van der Waals surface area contributed by atoms with E-state index in [4.69, 9.17) is 4.74 Å². The van der Waals surface area contributed by atoms with Crippen molar-refractivity contribution in [2.75, 3.05) is 6.54 Å². The number of esters is 1. The summed E-state index contributed by atoms with van der Waals surface area (Å²) in [4.78, 5) is 23.8. The summed E-state index contributed by atoms with van der Waals surface area (Å²) in [6, 6.07) is 3.93.